The summed E-state index contributed by atoms with van der Waals surface area (Å²) in [6, 6.07) is 10.8. The number of aromatic nitrogens is 2. The van der Waals surface area contributed by atoms with Crippen LogP contribution in [0.2, 0.25) is 0 Å². The third-order valence-corrected chi connectivity index (χ3v) is 4.92. The van der Waals surface area contributed by atoms with Crippen molar-refractivity contribution in [1.82, 2.24) is 15.3 Å². The van der Waals surface area contributed by atoms with Crippen LogP contribution in [0.1, 0.15) is 29.4 Å². The van der Waals surface area contributed by atoms with Crippen molar-refractivity contribution in [2.24, 2.45) is 0 Å². The quantitative estimate of drug-likeness (QED) is 0.781. The first kappa shape index (κ1) is 12.7. The Hall–Kier alpha value is -1.98. The molecule has 0 spiro atoms. The Bertz CT molecular complexity index is 852. The Balaban J connectivity index is 1.55. The molecule has 106 valence electrons. The molecule has 0 fully saturated rings. The van der Waals surface area contributed by atoms with E-state index >= 15 is 0 Å². The van der Waals surface area contributed by atoms with E-state index in [1.54, 1.807) is 0 Å². The van der Waals surface area contributed by atoms with Crippen LogP contribution in [0.15, 0.2) is 40.5 Å². The van der Waals surface area contributed by atoms with Crippen LogP contribution in [-0.4, -0.2) is 9.97 Å². The van der Waals surface area contributed by atoms with Gasteiger partial charge in [-0.1, -0.05) is 24.3 Å². The van der Waals surface area contributed by atoms with Gasteiger partial charge < -0.3 is 10.3 Å². The van der Waals surface area contributed by atoms with Gasteiger partial charge in [0.25, 0.3) is 5.56 Å². The predicted molar refractivity (Wildman–Crippen MR) is 84.6 cm³/mol. The highest BCUT2D eigenvalue weighted by Crippen LogP contribution is 2.30. The molecule has 5 heteroatoms. The molecule has 1 aliphatic rings. The topological polar surface area (TPSA) is 57.8 Å². The summed E-state index contributed by atoms with van der Waals surface area (Å²) in [5.74, 6) is 0.704. The van der Waals surface area contributed by atoms with Crippen molar-refractivity contribution in [2.45, 2.75) is 25.4 Å². The first-order chi connectivity index (χ1) is 10.3. The lowest BCUT2D eigenvalue weighted by Gasteiger charge is -2.13. The van der Waals surface area contributed by atoms with E-state index in [0.29, 0.717) is 23.1 Å². The molecule has 0 bridgehead atoms. The van der Waals surface area contributed by atoms with E-state index in [0.717, 1.165) is 18.4 Å². The maximum atomic E-state index is 11.9. The number of H-pyrrole nitrogens is 1. The molecule has 3 aromatic rings. The van der Waals surface area contributed by atoms with E-state index in [2.05, 4.69) is 39.6 Å². The Morgan fingerprint density at radius 2 is 2.24 bits per heavy atom. The van der Waals surface area contributed by atoms with Crippen molar-refractivity contribution in [1.29, 1.82) is 0 Å². The molecule has 1 unspecified atom stereocenters. The van der Waals surface area contributed by atoms with Gasteiger partial charge >= 0.3 is 0 Å². The monoisotopic (exact) mass is 297 g/mol. The third kappa shape index (κ3) is 2.28. The summed E-state index contributed by atoms with van der Waals surface area (Å²) >= 11 is 1.43. The van der Waals surface area contributed by atoms with Crippen molar-refractivity contribution in [3.8, 4) is 0 Å². The molecule has 1 aliphatic carbocycles. The lowest BCUT2D eigenvalue weighted by molar-refractivity contribution is 0.519. The smallest absolute Gasteiger partial charge is 0.268 e. The molecule has 1 aromatic carbocycles. The highest BCUT2D eigenvalue weighted by Gasteiger charge is 2.21. The van der Waals surface area contributed by atoms with Gasteiger partial charge in [-0.25, -0.2) is 4.98 Å². The average molecular weight is 297 g/mol. The number of rotatable bonds is 3. The summed E-state index contributed by atoms with van der Waals surface area (Å²) in [7, 11) is 0. The zero-order valence-corrected chi connectivity index (χ0v) is 12.2. The summed E-state index contributed by atoms with van der Waals surface area (Å²) in [5.41, 5.74) is 3.53. The number of aromatic amines is 1. The molecule has 0 aliphatic heterocycles. The van der Waals surface area contributed by atoms with E-state index in [4.69, 9.17) is 0 Å². The van der Waals surface area contributed by atoms with Crippen molar-refractivity contribution < 1.29 is 0 Å². The van der Waals surface area contributed by atoms with Gasteiger partial charge in [-0.2, -0.15) is 0 Å². The number of benzene rings is 1. The van der Waals surface area contributed by atoms with Crippen LogP contribution in [0.5, 0.6) is 0 Å². The molecule has 0 radical (unpaired) electrons. The van der Waals surface area contributed by atoms with Gasteiger partial charge in [0, 0.05) is 6.04 Å². The van der Waals surface area contributed by atoms with Crippen molar-refractivity contribution in [2.75, 3.05) is 0 Å². The van der Waals surface area contributed by atoms with Gasteiger partial charge in [-0.3, -0.25) is 4.79 Å². The first-order valence-corrected chi connectivity index (χ1v) is 7.97. The maximum absolute atomic E-state index is 11.9. The van der Waals surface area contributed by atoms with Gasteiger partial charge in [0.1, 0.15) is 10.5 Å². The number of aryl methyl sites for hydroxylation is 1. The van der Waals surface area contributed by atoms with Gasteiger partial charge in [0.2, 0.25) is 0 Å². The van der Waals surface area contributed by atoms with Crippen LogP contribution >= 0.6 is 11.3 Å². The summed E-state index contributed by atoms with van der Waals surface area (Å²) < 4.78 is 0.699. The Morgan fingerprint density at radius 3 is 3.19 bits per heavy atom. The fourth-order valence-electron chi connectivity index (χ4n) is 2.99. The van der Waals surface area contributed by atoms with Gasteiger partial charge in [-0.05, 0) is 35.4 Å². The molecule has 2 N–H and O–H groups in total. The lowest BCUT2D eigenvalue weighted by Crippen LogP contribution is -2.22. The summed E-state index contributed by atoms with van der Waals surface area (Å²) in [6.45, 7) is 0.583. The maximum Gasteiger partial charge on any atom is 0.268 e. The standard InChI is InChI=1S/C16H15N3OS/c20-16-15-13(7-8-21-15)18-14(19-16)9-17-12-6-5-10-3-1-2-4-11(10)12/h1-4,7-8,12,17H,5-6,9H2,(H,18,19,20). The van der Waals surface area contributed by atoms with Crippen molar-refractivity contribution in [3.63, 3.8) is 0 Å². The molecule has 0 saturated heterocycles. The van der Waals surface area contributed by atoms with Crippen LogP contribution in [0.25, 0.3) is 10.2 Å². The van der Waals surface area contributed by atoms with E-state index in [1.807, 2.05) is 11.4 Å². The molecule has 2 heterocycles. The number of thiophene rings is 1. The molecule has 0 saturated carbocycles. The predicted octanol–water partition coefficient (Wildman–Crippen LogP) is 2.76. The Kier molecular flexibility index (Phi) is 3.09. The summed E-state index contributed by atoms with van der Waals surface area (Å²) in [4.78, 5) is 19.3. The number of nitrogens with one attached hydrogen (secondary N) is 2. The van der Waals surface area contributed by atoms with Crippen LogP contribution in [-0.2, 0) is 13.0 Å². The molecule has 2 aromatic heterocycles. The zero-order valence-electron chi connectivity index (χ0n) is 11.4. The highest BCUT2D eigenvalue weighted by atomic mass is 32.1. The first-order valence-electron chi connectivity index (χ1n) is 7.09. The average Bonchev–Trinajstić information content (AvgIpc) is 3.12. The summed E-state index contributed by atoms with van der Waals surface area (Å²) in [6.07, 6.45) is 2.21. The fraction of sp³-hybridized carbons (Fsp3) is 0.250. The summed E-state index contributed by atoms with van der Waals surface area (Å²) in [5, 5.41) is 5.41. The Labute approximate surface area is 125 Å². The van der Waals surface area contributed by atoms with Gasteiger partial charge in [0.15, 0.2) is 0 Å². The molecule has 4 nitrogen and oxygen atoms in total. The fourth-order valence-corrected chi connectivity index (χ4v) is 3.72. The minimum Gasteiger partial charge on any atom is -0.308 e. The second kappa shape index (κ2) is 5.09. The third-order valence-electron chi connectivity index (χ3n) is 4.01. The van der Waals surface area contributed by atoms with Crippen LogP contribution in [0, 0.1) is 0 Å². The van der Waals surface area contributed by atoms with Crippen LogP contribution in [0.4, 0.5) is 0 Å². The van der Waals surface area contributed by atoms with Crippen LogP contribution in [0.3, 0.4) is 0 Å². The number of nitrogens with zero attached hydrogens (tertiary/aromatic N) is 1. The second-order valence-corrected chi connectivity index (χ2v) is 6.23. The second-order valence-electron chi connectivity index (χ2n) is 5.32. The van der Waals surface area contributed by atoms with Crippen molar-refractivity contribution in [3.05, 3.63) is 63.0 Å². The largest absolute Gasteiger partial charge is 0.308 e. The van der Waals surface area contributed by atoms with E-state index < -0.39 is 0 Å². The minimum absolute atomic E-state index is 0.0429. The zero-order chi connectivity index (χ0) is 14.2. The molecule has 1 atom stereocenters. The highest BCUT2D eigenvalue weighted by molar-refractivity contribution is 7.17. The number of hydrogen-bond acceptors (Lipinski definition) is 4. The Morgan fingerprint density at radius 1 is 1.33 bits per heavy atom. The molecule has 0 amide bonds. The van der Waals surface area contributed by atoms with Crippen molar-refractivity contribution >= 4 is 21.6 Å². The molecular formula is C16H15N3OS. The van der Waals surface area contributed by atoms with E-state index in [1.165, 1.54) is 22.5 Å². The SMILES string of the molecule is O=c1[nH]c(CNC2CCc3ccccc32)nc2ccsc12. The minimum atomic E-state index is -0.0429. The van der Waals surface area contributed by atoms with E-state index in [9.17, 15) is 4.79 Å². The molecular weight excluding hydrogens is 282 g/mol. The molecule has 21 heavy (non-hydrogen) atoms. The van der Waals surface area contributed by atoms with Gasteiger partial charge in [-0.15, -0.1) is 11.3 Å². The van der Waals surface area contributed by atoms with E-state index in [-0.39, 0.29) is 5.56 Å². The van der Waals surface area contributed by atoms with Gasteiger partial charge in [0.05, 0.1) is 12.1 Å². The number of hydrogen-bond donors (Lipinski definition) is 2. The number of fused-ring (bicyclic) bond motifs is 2. The van der Waals surface area contributed by atoms with Crippen LogP contribution < -0.4 is 10.9 Å². The lowest BCUT2D eigenvalue weighted by atomic mass is 10.1. The molecule has 4 rings (SSSR count). The normalized spacial score (nSPS) is 17.2.